The van der Waals surface area contributed by atoms with Crippen molar-refractivity contribution in [1.29, 1.82) is 0 Å². The number of phenols is 2. The van der Waals surface area contributed by atoms with Gasteiger partial charge < -0.3 is 14.9 Å². The van der Waals surface area contributed by atoms with Gasteiger partial charge >= 0.3 is 0 Å². The first-order chi connectivity index (χ1) is 5.15. The molecule has 0 fully saturated rings. The zero-order valence-electron chi connectivity index (χ0n) is 5.84. The molecule has 2 N–H and O–H groups in total. The lowest BCUT2D eigenvalue weighted by Crippen LogP contribution is -1.86. The number of methoxy groups -OCH3 is 1. The van der Waals surface area contributed by atoms with Gasteiger partial charge in [0.05, 0.1) is 10.7 Å². The fourth-order valence-corrected chi connectivity index (χ4v) is 1.25. The summed E-state index contributed by atoms with van der Waals surface area (Å²) in [4.78, 5) is 0. The summed E-state index contributed by atoms with van der Waals surface area (Å²) >= 11 is 1.94. The Hall–Kier alpha value is -0.650. The number of hydrogen-bond acceptors (Lipinski definition) is 3. The summed E-state index contributed by atoms with van der Waals surface area (Å²) in [7, 11) is 1.48. The highest BCUT2D eigenvalue weighted by atomic mass is 127. The molecule has 0 bridgehead atoms. The summed E-state index contributed by atoms with van der Waals surface area (Å²) in [5, 5.41) is 18.2. The van der Waals surface area contributed by atoms with Crippen molar-refractivity contribution in [2.45, 2.75) is 0 Å². The lowest BCUT2D eigenvalue weighted by Gasteiger charge is -2.04. The van der Waals surface area contributed by atoms with Gasteiger partial charge in [-0.15, -0.1) is 0 Å². The van der Waals surface area contributed by atoms with E-state index in [0.717, 1.165) is 0 Å². The first kappa shape index (κ1) is 8.45. The Kier molecular flexibility index (Phi) is 2.43. The molecule has 0 saturated carbocycles. The quantitative estimate of drug-likeness (QED) is 0.761. The van der Waals surface area contributed by atoms with Crippen LogP contribution in [0.2, 0.25) is 0 Å². The molecule has 3 nitrogen and oxygen atoms in total. The van der Waals surface area contributed by atoms with Gasteiger partial charge in [-0.05, 0) is 22.6 Å². The van der Waals surface area contributed by atoms with Crippen molar-refractivity contribution in [3.05, 3.63) is 15.7 Å². The minimum absolute atomic E-state index is 0.000217. The summed E-state index contributed by atoms with van der Waals surface area (Å²) in [6, 6.07) is 2.71. The zero-order chi connectivity index (χ0) is 8.43. The predicted octanol–water partition coefficient (Wildman–Crippen LogP) is 1.71. The summed E-state index contributed by atoms with van der Waals surface area (Å²) in [6.45, 7) is 0. The van der Waals surface area contributed by atoms with Crippen LogP contribution in [0.15, 0.2) is 12.1 Å². The van der Waals surface area contributed by atoms with Crippen LogP contribution in [-0.4, -0.2) is 17.3 Å². The van der Waals surface area contributed by atoms with Crippen LogP contribution in [0.4, 0.5) is 0 Å². The van der Waals surface area contributed by atoms with E-state index in [2.05, 4.69) is 0 Å². The SMILES string of the molecule is COc1cc(O)cc(O)c1I. The zero-order valence-corrected chi connectivity index (χ0v) is 7.99. The maximum atomic E-state index is 9.16. The Morgan fingerprint density at radius 1 is 1.36 bits per heavy atom. The summed E-state index contributed by atoms with van der Waals surface area (Å²) in [5.74, 6) is 0.505. The molecule has 0 aromatic heterocycles. The average Bonchev–Trinajstić information content (AvgIpc) is 1.96. The maximum Gasteiger partial charge on any atom is 0.139 e. The smallest absolute Gasteiger partial charge is 0.139 e. The topological polar surface area (TPSA) is 49.7 Å². The second kappa shape index (κ2) is 3.17. The largest absolute Gasteiger partial charge is 0.508 e. The molecule has 11 heavy (non-hydrogen) atoms. The van der Waals surface area contributed by atoms with Crippen LogP contribution in [0.1, 0.15) is 0 Å². The van der Waals surface area contributed by atoms with Crippen LogP contribution in [0.25, 0.3) is 0 Å². The molecule has 0 unspecified atom stereocenters. The van der Waals surface area contributed by atoms with E-state index < -0.39 is 0 Å². The van der Waals surface area contributed by atoms with E-state index in [1.54, 1.807) is 0 Å². The van der Waals surface area contributed by atoms with Crippen LogP contribution in [-0.2, 0) is 0 Å². The lowest BCUT2D eigenvalue weighted by molar-refractivity contribution is 0.393. The Bertz CT molecular complexity index is 273. The lowest BCUT2D eigenvalue weighted by atomic mass is 10.3. The van der Waals surface area contributed by atoms with Gasteiger partial charge in [-0.25, -0.2) is 0 Å². The fourth-order valence-electron chi connectivity index (χ4n) is 0.718. The van der Waals surface area contributed by atoms with Gasteiger partial charge in [0.25, 0.3) is 0 Å². The van der Waals surface area contributed by atoms with Gasteiger partial charge in [-0.1, -0.05) is 0 Å². The van der Waals surface area contributed by atoms with E-state index >= 15 is 0 Å². The predicted molar refractivity (Wildman–Crippen MR) is 49.0 cm³/mol. The summed E-state index contributed by atoms with van der Waals surface area (Å²) < 4.78 is 5.48. The first-order valence-corrected chi connectivity index (χ1v) is 3.98. The third-order valence-electron chi connectivity index (χ3n) is 1.22. The van der Waals surface area contributed by atoms with Gasteiger partial charge in [-0.3, -0.25) is 0 Å². The molecule has 0 aliphatic rings. The monoisotopic (exact) mass is 266 g/mol. The summed E-state index contributed by atoms with van der Waals surface area (Å²) in [6.07, 6.45) is 0. The minimum atomic E-state index is -0.000217. The molecule has 0 radical (unpaired) electrons. The highest BCUT2D eigenvalue weighted by molar-refractivity contribution is 14.1. The standard InChI is InChI=1S/C7H7IO3/c1-11-6-3-4(9)2-5(10)7(6)8/h2-3,9-10H,1H3. The highest BCUT2D eigenvalue weighted by Crippen LogP contribution is 2.33. The third-order valence-corrected chi connectivity index (χ3v) is 2.31. The van der Waals surface area contributed by atoms with Crippen molar-refractivity contribution in [1.82, 2.24) is 0 Å². The molecular weight excluding hydrogens is 259 g/mol. The molecule has 1 aromatic carbocycles. The molecule has 0 heterocycles. The van der Waals surface area contributed by atoms with Crippen molar-refractivity contribution >= 4 is 22.6 Å². The Labute approximate surface area is 77.8 Å². The molecule has 0 atom stereocenters. The number of halogens is 1. The van der Waals surface area contributed by atoms with Crippen LogP contribution >= 0.6 is 22.6 Å². The normalized spacial score (nSPS) is 9.64. The highest BCUT2D eigenvalue weighted by Gasteiger charge is 2.06. The Morgan fingerprint density at radius 2 is 2.00 bits per heavy atom. The van der Waals surface area contributed by atoms with E-state index in [-0.39, 0.29) is 11.5 Å². The molecular formula is C7H7IO3. The molecule has 60 valence electrons. The van der Waals surface area contributed by atoms with E-state index in [0.29, 0.717) is 9.32 Å². The fraction of sp³-hybridized carbons (Fsp3) is 0.143. The second-order valence-electron chi connectivity index (χ2n) is 1.98. The Balaban J connectivity index is 3.24. The van der Waals surface area contributed by atoms with E-state index in [1.807, 2.05) is 22.6 Å². The second-order valence-corrected chi connectivity index (χ2v) is 3.06. The van der Waals surface area contributed by atoms with Gasteiger partial charge in [0, 0.05) is 12.1 Å². The molecule has 0 spiro atoms. The molecule has 1 rings (SSSR count). The van der Waals surface area contributed by atoms with Crippen LogP contribution in [0.5, 0.6) is 17.2 Å². The van der Waals surface area contributed by atoms with Gasteiger partial charge in [-0.2, -0.15) is 0 Å². The van der Waals surface area contributed by atoms with Gasteiger partial charge in [0.15, 0.2) is 0 Å². The van der Waals surface area contributed by atoms with Crippen molar-refractivity contribution < 1.29 is 14.9 Å². The molecule has 0 amide bonds. The molecule has 1 aromatic rings. The van der Waals surface area contributed by atoms with Crippen LogP contribution < -0.4 is 4.74 Å². The number of rotatable bonds is 1. The number of hydrogen-bond donors (Lipinski definition) is 2. The first-order valence-electron chi connectivity index (χ1n) is 2.90. The molecule has 0 saturated heterocycles. The van der Waals surface area contributed by atoms with Crippen LogP contribution in [0.3, 0.4) is 0 Å². The molecule has 0 aliphatic heterocycles. The number of aromatic hydroxyl groups is 2. The number of benzene rings is 1. The van der Waals surface area contributed by atoms with Crippen molar-refractivity contribution in [2.24, 2.45) is 0 Å². The maximum absolute atomic E-state index is 9.16. The van der Waals surface area contributed by atoms with E-state index in [1.165, 1.54) is 19.2 Å². The van der Waals surface area contributed by atoms with E-state index in [4.69, 9.17) is 14.9 Å². The van der Waals surface area contributed by atoms with Gasteiger partial charge in [0.1, 0.15) is 17.2 Å². The van der Waals surface area contributed by atoms with Crippen molar-refractivity contribution in [3.63, 3.8) is 0 Å². The Morgan fingerprint density at radius 3 is 2.55 bits per heavy atom. The van der Waals surface area contributed by atoms with E-state index in [9.17, 15) is 0 Å². The number of ether oxygens (including phenoxy) is 1. The average molecular weight is 266 g/mol. The minimum Gasteiger partial charge on any atom is -0.508 e. The van der Waals surface area contributed by atoms with Crippen molar-refractivity contribution in [3.8, 4) is 17.2 Å². The third kappa shape index (κ3) is 1.68. The summed E-state index contributed by atoms with van der Waals surface area (Å²) in [5.41, 5.74) is 0. The van der Waals surface area contributed by atoms with Gasteiger partial charge in [0.2, 0.25) is 0 Å². The van der Waals surface area contributed by atoms with Crippen LogP contribution in [0, 0.1) is 3.57 Å². The molecule has 0 aliphatic carbocycles. The number of phenolic OH excluding ortho intramolecular Hbond substituents is 2. The molecule has 4 heteroatoms. The van der Waals surface area contributed by atoms with Crippen molar-refractivity contribution in [2.75, 3.05) is 7.11 Å².